The van der Waals surface area contributed by atoms with Crippen LogP contribution in [-0.4, -0.2) is 43.2 Å². The summed E-state index contributed by atoms with van der Waals surface area (Å²) in [6, 6.07) is 10.2. The molecule has 0 aromatic heterocycles. The van der Waals surface area contributed by atoms with Crippen LogP contribution in [0.1, 0.15) is 19.4 Å². The lowest BCUT2D eigenvalue weighted by Gasteiger charge is -2.19. The first-order chi connectivity index (χ1) is 13.7. The number of hydrogen-bond acceptors (Lipinski definition) is 6. The Morgan fingerprint density at radius 2 is 1.72 bits per heavy atom. The number of aryl methyl sites for hydroxylation is 1. The van der Waals surface area contributed by atoms with E-state index in [4.69, 9.17) is 0 Å². The van der Waals surface area contributed by atoms with Crippen molar-refractivity contribution < 1.29 is 18.1 Å². The highest BCUT2D eigenvalue weighted by Gasteiger charge is 2.22. The van der Waals surface area contributed by atoms with E-state index in [1.165, 1.54) is 34.6 Å². The molecular formula is C19H24N4O5S. The fourth-order valence-electron chi connectivity index (χ4n) is 2.71. The van der Waals surface area contributed by atoms with E-state index in [1.807, 2.05) is 6.92 Å². The van der Waals surface area contributed by atoms with Gasteiger partial charge in [-0.2, -0.15) is 4.31 Å². The number of amides is 1. The van der Waals surface area contributed by atoms with Gasteiger partial charge in [-0.05, 0) is 36.8 Å². The molecule has 10 heteroatoms. The number of carbonyl (C=O) groups is 1. The quantitative estimate of drug-likeness (QED) is 0.475. The van der Waals surface area contributed by atoms with E-state index in [0.29, 0.717) is 24.5 Å². The monoisotopic (exact) mass is 420 g/mol. The maximum atomic E-state index is 12.7. The van der Waals surface area contributed by atoms with Crippen molar-refractivity contribution in [2.75, 3.05) is 30.3 Å². The molecule has 0 unspecified atom stereocenters. The van der Waals surface area contributed by atoms with Gasteiger partial charge in [0.2, 0.25) is 15.9 Å². The van der Waals surface area contributed by atoms with Crippen LogP contribution in [-0.2, 0) is 14.8 Å². The molecule has 0 heterocycles. The zero-order valence-electron chi connectivity index (χ0n) is 16.5. The van der Waals surface area contributed by atoms with Crippen LogP contribution in [0.15, 0.2) is 47.4 Å². The molecule has 0 spiro atoms. The second-order valence-electron chi connectivity index (χ2n) is 6.27. The van der Waals surface area contributed by atoms with E-state index in [2.05, 4.69) is 10.6 Å². The van der Waals surface area contributed by atoms with E-state index in [-0.39, 0.29) is 23.0 Å². The Kier molecular flexibility index (Phi) is 7.29. The van der Waals surface area contributed by atoms with Gasteiger partial charge in [0.15, 0.2) is 0 Å². The van der Waals surface area contributed by atoms with Crippen molar-refractivity contribution in [2.24, 2.45) is 0 Å². The number of nitrogens with one attached hydrogen (secondary N) is 2. The van der Waals surface area contributed by atoms with E-state index in [0.717, 1.165) is 5.56 Å². The molecule has 9 nitrogen and oxygen atoms in total. The van der Waals surface area contributed by atoms with Crippen LogP contribution in [0.2, 0.25) is 0 Å². The van der Waals surface area contributed by atoms with Crippen LogP contribution in [0.4, 0.5) is 17.1 Å². The molecule has 0 saturated carbocycles. The van der Waals surface area contributed by atoms with Crippen molar-refractivity contribution in [1.29, 1.82) is 0 Å². The molecule has 0 aliphatic rings. The fourth-order valence-corrected chi connectivity index (χ4v) is 4.20. The van der Waals surface area contributed by atoms with Crippen molar-refractivity contribution >= 4 is 33.0 Å². The largest absolute Gasteiger partial charge is 0.376 e. The first kappa shape index (κ1) is 22.3. The number of benzene rings is 2. The SMILES string of the molecule is CCN(CC)S(=O)(=O)c1ccc(C)c(NCC(=O)Nc2ccc([N+](=O)[O-])cc2)c1. The third kappa shape index (κ3) is 5.52. The second kappa shape index (κ2) is 9.48. The van der Waals surface area contributed by atoms with Gasteiger partial charge in [0.05, 0.1) is 16.4 Å². The number of hydrogen-bond donors (Lipinski definition) is 2. The average Bonchev–Trinajstić information content (AvgIpc) is 2.68. The van der Waals surface area contributed by atoms with Crippen LogP contribution < -0.4 is 10.6 Å². The Morgan fingerprint density at radius 1 is 1.10 bits per heavy atom. The lowest BCUT2D eigenvalue weighted by atomic mass is 10.2. The van der Waals surface area contributed by atoms with E-state index in [1.54, 1.807) is 26.0 Å². The summed E-state index contributed by atoms with van der Waals surface area (Å²) in [5, 5.41) is 16.2. The Labute approximate surface area is 169 Å². The maximum Gasteiger partial charge on any atom is 0.269 e. The Balaban J connectivity index is 2.08. The molecule has 2 aromatic rings. The van der Waals surface area contributed by atoms with Gasteiger partial charge in [0, 0.05) is 36.6 Å². The number of carbonyl (C=O) groups excluding carboxylic acids is 1. The summed E-state index contributed by atoms with van der Waals surface area (Å²) in [4.78, 5) is 22.5. The van der Waals surface area contributed by atoms with Gasteiger partial charge in [-0.3, -0.25) is 14.9 Å². The number of nitrogens with zero attached hydrogens (tertiary/aromatic N) is 2. The summed E-state index contributed by atoms with van der Waals surface area (Å²) in [5.41, 5.74) is 1.70. The molecule has 0 aliphatic carbocycles. The second-order valence-corrected chi connectivity index (χ2v) is 8.21. The van der Waals surface area contributed by atoms with Crippen LogP contribution in [0, 0.1) is 17.0 Å². The first-order valence-electron chi connectivity index (χ1n) is 9.08. The third-order valence-electron chi connectivity index (χ3n) is 4.35. The molecule has 0 radical (unpaired) electrons. The third-order valence-corrected chi connectivity index (χ3v) is 6.40. The molecule has 29 heavy (non-hydrogen) atoms. The predicted molar refractivity (Wildman–Crippen MR) is 112 cm³/mol. The van der Waals surface area contributed by atoms with Crippen molar-refractivity contribution in [3.8, 4) is 0 Å². The smallest absolute Gasteiger partial charge is 0.269 e. The van der Waals surface area contributed by atoms with Crippen molar-refractivity contribution in [2.45, 2.75) is 25.7 Å². The number of rotatable bonds is 9. The summed E-state index contributed by atoms with van der Waals surface area (Å²) >= 11 is 0. The van der Waals surface area contributed by atoms with Gasteiger partial charge in [-0.15, -0.1) is 0 Å². The molecule has 0 aliphatic heterocycles. The zero-order valence-corrected chi connectivity index (χ0v) is 17.3. The van der Waals surface area contributed by atoms with Gasteiger partial charge in [-0.1, -0.05) is 19.9 Å². The number of nitro groups is 1. The highest BCUT2D eigenvalue weighted by atomic mass is 32.2. The Bertz CT molecular complexity index is 986. The molecule has 0 fully saturated rings. The minimum Gasteiger partial charge on any atom is -0.376 e. The number of non-ortho nitro benzene ring substituents is 1. The minimum absolute atomic E-state index is 0.0667. The topological polar surface area (TPSA) is 122 Å². The Hall–Kier alpha value is -2.98. The first-order valence-corrected chi connectivity index (χ1v) is 10.5. The molecule has 2 rings (SSSR count). The van der Waals surface area contributed by atoms with Gasteiger partial charge >= 0.3 is 0 Å². The zero-order chi connectivity index (χ0) is 21.6. The average molecular weight is 420 g/mol. The summed E-state index contributed by atoms with van der Waals surface area (Å²) in [7, 11) is -3.60. The van der Waals surface area contributed by atoms with Crippen LogP contribution >= 0.6 is 0 Å². The van der Waals surface area contributed by atoms with Gasteiger partial charge in [0.1, 0.15) is 0 Å². The highest BCUT2D eigenvalue weighted by molar-refractivity contribution is 7.89. The Morgan fingerprint density at radius 3 is 2.28 bits per heavy atom. The van der Waals surface area contributed by atoms with E-state index in [9.17, 15) is 23.3 Å². The molecule has 0 bridgehead atoms. The summed E-state index contributed by atoms with van der Waals surface area (Å²) < 4.78 is 26.7. The summed E-state index contributed by atoms with van der Waals surface area (Å²) in [6.45, 7) is 6.01. The number of sulfonamides is 1. The van der Waals surface area contributed by atoms with Crippen molar-refractivity contribution in [3.63, 3.8) is 0 Å². The van der Waals surface area contributed by atoms with Gasteiger partial charge in [0.25, 0.3) is 5.69 Å². The normalized spacial score (nSPS) is 11.3. The molecule has 2 N–H and O–H groups in total. The van der Waals surface area contributed by atoms with Crippen molar-refractivity contribution in [1.82, 2.24) is 4.31 Å². The summed E-state index contributed by atoms with van der Waals surface area (Å²) in [5.74, 6) is -0.366. The lowest BCUT2D eigenvalue weighted by Crippen LogP contribution is -2.30. The molecule has 0 atom stereocenters. The van der Waals surface area contributed by atoms with Gasteiger partial charge < -0.3 is 10.6 Å². The van der Waals surface area contributed by atoms with Crippen LogP contribution in [0.5, 0.6) is 0 Å². The molecule has 1 amide bonds. The minimum atomic E-state index is -3.60. The molecule has 156 valence electrons. The van der Waals surface area contributed by atoms with Gasteiger partial charge in [-0.25, -0.2) is 8.42 Å². The predicted octanol–water partition coefficient (Wildman–Crippen LogP) is 2.98. The summed E-state index contributed by atoms with van der Waals surface area (Å²) in [6.07, 6.45) is 0. The van der Waals surface area contributed by atoms with E-state index < -0.39 is 14.9 Å². The number of nitro benzene ring substituents is 1. The molecule has 0 saturated heterocycles. The maximum absolute atomic E-state index is 12.7. The van der Waals surface area contributed by atoms with Crippen molar-refractivity contribution in [3.05, 3.63) is 58.1 Å². The van der Waals surface area contributed by atoms with Crippen LogP contribution in [0.3, 0.4) is 0 Å². The molecular weight excluding hydrogens is 396 g/mol. The lowest BCUT2D eigenvalue weighted by molar-refractivity contribution is -0.384. The van der Waals surface area contributed by atoms with E-state index >= 15 is 0 Å². The number of anilines is 2. The highest BCUT2D eigenvalue weighted by Crippen LogP contribution is 2.23. The fraction of sp³-hybridized carbons (Fsp3) is 0.316. The molecule has 2 aromatic carbocycles. The standard InChI is InChI=1S/C19H24N4O5S/c1-4-22(5-2)29(27,28)17-11-6-14(3)18(12-17)20-13-19(24)21-15-7-9-16(10-8-15)23(25)26/h6-12,20H,4-5,13H2,1-3H3,(H,21,24). The van der Waals surface area contributed by atoms with Crippen LogP contribution in [0.25, 0.3) is 0 Å².